The molecule has 5 aromatic carbocycles. The van der Waals surface area contributed by atoms with Gasteiger partial charge in [-0.2, -0.15) is 0 Å². The Kier molecular flexibility index (Phi) is 12.8. The highest BCUT2D eigenvalue weighted by atomic mass is 32.2. The van der Waals surface area contributed by atoms with Crippen LogP contribution in [0.3, 0.4) is 0 Å². The molecular weight excluding hydrogens is 873 g/mol. The van der Waals surface area contributed by atoms with Gasteiger partial charge in [-0.25, -0.2) is 9.78 Å². The molecule has 9 rings (SSSR count). The summed E-state index contributed by atoms with van der Waals surface area (Å²) in [6.07, 6.45) is 1.76. The van der Waals surface area contributed by atoms with Gasteiger partial charge in [-0.05, 0) is 52.6 Å². The molecule has 66 heavy (non-hydrogen) atoms. The van der Waals surface area contributed by atoms with Crippen LogP contribution < -0.4 is 20.1 Å². The van der Waals surface area contributed by atoms with E-state index in [1.807, 2.05) is 100 Å². The highest BCUT2D eigenvalue weighted by Crippen LogP contribution is 2.42. The van der Waals surface area contributed by atoms with Crippen molar-refractivity contribution in [3.8, 4) is 5.75 Å². The third kappa shape index (κ3) is 8.43. The number of nitrogens with zero attached hydrogens (tertiary/aromatic N) is 6. The van der Waals surface area contributed by atoms with Crippen molar-refractivity contribution in [1.29, 1.82) is 0 Å². The third-order valence-corrected chi connectivity index (χ3v) is 13.5. The van der Waals surface area contributed by atoms with E-state index in [9.17, 15) is 14.4 Å². The number of carbonyl (C=O) groups is 3. The van der Waals surface area contributed by atoms with Crippen LogP contribution in [0.1, 0.15) is 27.9 Å². The lowest BCUT2D eigenvalue weighted by atomic mass is 9.77. The molecule has 0 bridgehead atoms. The number of esters is 1. The number of fused-ring (bicyclic) bond motifs is 2. The van der Waals surface area contributed by atoms with Crippen molar-refractivity contribution in [3.63, 3.8) is 0 Å². The number of oxime groups is 1. The molecule has 2 atom stereocenters. The third-order valence-electron chi connectivity index (χ3n) is 11.4. The van der Waals surface area contributed by atoms with Crippen LogP contribution in [0.4, 0.5) is 5.13 Å². The average Bonchev–Trinajstić information content (AvgIpc) is 3.98. The predicted molar refractivity (Wildman–Crippen MR) is 253 cm³/mol. The number of hydrogen-bond acceptors (Lipinski definition) is 12. The zero-order chi connectivity index (χ0) is 45.6. The first-order valence-electron chi connectivity index (χ1n) is 21.1. The van der Waals surface area contributed by atoms with Crippen LogP contribution in [-0.4, -0.2) is 74.7 Å². The van der Waals surface area contributed by atoms with Crippen molar-refractivity contribution in [2.24, 2.45) is 5.16 Å². The van der Waals surface area contributed by atoms with Gasteiger partial charge in [0.15, 0.2) is 21.9 Å². The van der Waals surface area contributed by atoms with E-state index < -0.39 is 34.7 Å². The topological polar surface area (TPSA) is 153 Å². The van der Waals surface area contributed by atoms with E-state index in [-0.39, 0.29) is 30.3 Å². The molecule has 0 aliphatic carbocycles. The Hall–Kier alpha value is -7.56. The number of benzene rings is 5. The van der Waals surface area contributed by atoms with Crippen LogP contribution in [0.5, 0.6) is 5.75 Å². The zero-order valence-corrected chi connectivity index (χ0v) is 37.7. The first-order valence-corrected chi connectivity index (χ1v) is 23.0. The lowest BCUT2D eigenvalue weighted by Crippen LogP contribution is -2.71. The van der Waals surface area contributed by atoms with E-state index >= 15 is 0 Å². The number of aromatic nitrogens is 4. The smallest absolute Gasteiger partial charge is 0.355 e. The molecule has 2 aliphatic rings. The SMILES string of the molecule is C=CCn1n[n+](CC2=C(C(=O)OCc3ccc(OC)cc3)N3C(=O)[C@@H](NC(=O)/C(=N\OC)c4csc(NC(c5ccccc5)(c5ccccc5)c5ccccc5)n4)[C@H]3SC2)c2ccccc21. The standard InChI is InChI=1S/C50H44N8O6S2/c1-4-28-56-40-22-14-15-23-41(40)57(55-56)29-34-31-65-47-43(46(60)58(47)44(34)48(61)64-30-33-24-26-38(62-2)27-25-33)52-45(59)42(54-63-3)39-32-66-49(51-39)53-50(35-16-8-5-9-17-35,36-18-10-6-11-19-36)37-20-12-7-13-21-37/h4-27,32,43,47H,1,28-31H2,2-3H3,(H-,51,52,53,59)/p+1/b54-42-/t43-,47-/m1/s1. The summed E-state index contributed by atoms with van der Waals surface area (Å²) in [5.74, 6) is -0.779. The lowest BCUT2D eigenvalue weighted by molar-refractivity contribution is -0.725. The van der Waals surface area contributed by atoms with Gasteiger partial charge in [0.05, 0.1) is 12.3 Å². The predicted octanol–water partition coefficient (Wildman–Crippen LogP) is 6.83. The Morgan fingerprint density at radius 1 is 0.894 bits per heavy atom. The van der Waals surface area contributed by atoms with Gasteiger partial charge in [-0.1, -0.05) is 127 Å². The number of nitrogens with one attached hydrogen (secondary N) is 2. The van der Waals surface area contributed by atoms with Gasteiger partial charge in [-0.3, -0.25) is 14.5 Å². The number of anilines is 1. The summed E-state index contributed by atoms with van der Waals surface area (Å²) >= 11 is 2.74. The molecule has 2 amide bonds. The molecule has 1 fully saturated rings. The summed E-state index contributed by atoms with van der Waals surface area (Å²) in [4.78, 5) is 54.2. The van der Waals surface area contributed by atoms with Crippen LogP contribution in [0.15, 0.2) is 174 Å². The highest BCUT2D eigenvalue weighted by Gasteiger charge is 2.55. The first kappa shape index (κ1) is 43.7. The summed E-state index contributed by atoms with van der Waals surface area (Å²) in [5.41, 5.74) is 5.47. The number of methoxy groups -OCH3 is 1. The number of allylic oxidation sites excluding steroid dienone is 1. The molecule has 2 aromatic heterocycles. The molecule has 0 saturated carbocycles. The highest BCUT2D eigenvalue weighted by molar-refractivity contribution is 8.00. The number of rotatable bonds is 17. The van der Waals surface area contributed by atoms with Gasteiger partial charge in [0.2, 0.25) is 0 Å². The molecule has 0 unspecified atom stereocenters. The van der Waals surface area contributed by atoms with Gasteiger partial charge in [0.25, 0.3) is 11.8 Å². The van der Waals surface area contributed by atoms with Gasteiger partial charge >= 0.3 is 5.97 Å². The second-order valence-electron chi connectivity index (χ2n) is 15.4. The van der Waals surface area contributed by atoms with Crippen molar-refractivity contribution < 1.29 is 33.4 Å². The van der Waals surface area contributed by atoms with E-state index in [1.165, 1.54) is 35.1 Å². The van der Waals surface area contributed by atoms with E-state index in [2.05, 4.69) is 58.8 Å². The molecule has 14 nitrogen and oxygen atoms in total. The van der Waals surface area contributed by atoms with Crippen molar-refractivity contribution in [3.05, 3.63) is 197 Å². The summed E-state index contributed by atoms with van der Waals surface area (Å²) in [7, 11) is 2.92. The number of amides is 2. The van der Waals surface area contributed by atoms with E-state index in [0.717, 1.165) is 33.3 Å². The molecule has 2 aliphatic heterocycles. The maximum atomic E-state index is 14.3. The van der Waals surface area contributed by atoms with Crippen molar-refractivity contribution in [2.75, 3.05) is 25.3 Å². The number of carbonyl (C=O) groups excluding carboxylic acids is 3. The average molecular weight is 918 g/mol. The first-order chi connectivity index (χ1) is 32.3. The van der Waals surface area contributed by atoms with Crippen molar-refractivity contribution >= 4 is 62.8 Å². The fraction of sp³-hybridized carbons (Fsp3) is 0.180. The van der Waals surface area contributed by atoms with Gasteiger partial charge in [-0.15, -0.1) is 32.5 Å². The number of ether oxygens (including phenoxy) is 2. The van der Waals surface area contributed by atoms with Crippen LogP contribution in [0.2, 0.25) is 0 Å². The van der Waals surface area contributed by atoms with E-state index in [1.54, 1.807) is 30.7 Å². The Morgan fingerprint density at radius 3 is 2.15 bits per heavy atom. The minimum Gasteiger partial charge on any atom is -0.497 e. The molecule has 0 radical (unpaired) electrons. The minimum atomic E-state index is -0.992. The molecule has 1 saturated heterocycles. The molecule has 2 N–H and O–H groups in total. The molecule has 16 heteroatoms. The van der Waals surface area contributed by atoms with Gasteiger partial charge in [0.1, 0.15) is 60.9 Å². The Bertz CT molecular complexity index is 2860. The maximum Gasteiger partial charge on any atom is 0.355 e. The zero-order valence-electron chi connectivity index (χ0n) is 36.1. The van der Waals surface area contributed by atoms with E-state index in [4.69, 9.17) is 24.5 Å². The summed E-state index contributed by atoms with van der Waals surface area (Å²) in [5, 5.41) is 17.1. The van der Waals surface area contributed by atoms with Crippen LogP contribution in [0, 0.1) is 0 Å². The van der Waals surface area contributed by atoms with Gasteiger partial charge in [0, 0.05) is 16.7 Å². The van der Waals surface area contributed by atoms with Crippen LogP contribution in [-0.2, 0) is 49.2 Å². The van der Waals surface area contributed by atoms with Crippen LogP contribution in [0.25, 0.3) is 11.0 Å². The van der Waals surface area contributed by atoms with Crippen LogP contribution >= 0.6 is 23.1 Å². The monoisotopic (exact) mass is 917 g/mol. The Morgan fingerprint density at radius 2 is 1.53 bits per heavy atom. The maximum absolute atomic E-state index is 14.3. The Balaban J connectivity index is 0.984. The van der Waals surface area contributed by atoms with Crippen molar-refractivity contribution in [1.82, 2.24) is 25.1 Å². The largest absolute Gasteiger partial charge is 0.497 e. The summed E-state index contributed by atoms with van der Waals surface area (Å²) in [6, 6.07) is 44.3. The van der Waals surface area contributed by atoms with E-state index in [0.29, 0.717) is 28.8 Å². The Labute approximate surface area is 389 Å². The number of para-hydroxylation sites is 2. The molecular formula is C50H45N8O6S2+. The quantitative estimate of drug-likeness (QED) is 0.0189. The lowest BCUT2D eigenvalue weighted by Gasteiger charge is -2.49. The molecule has 0 spiro atoms. The molecule has 7 aromatic rings. The molecule has 332 valence electrons. The summed E-state index contributed by atoms with van der Waals surface area (Å²) in [6.45, 7) is 4.54. The molecule has 4 heterocycles. The number of thioether (sulfide) groups is 1. The second kappa shape index (κ2) is 19.3. The number of thiazole rings is 1. The van der Waals surface area contributed by atoms with Crippen molar-refractivity contribution in [2.45, 2.75) is 36.7 Å². The normalized spacial score (nSPS) is 16.0. The number of β-lactam (4-membered cyclic amide) rings is 1. The van der Waals surface area contributed by atoms with Gasteiger partial charge < -0.3 is 24.9 Å². The second-order valence-corrected chi connectivity index (χ2v) is 17.3. The fourth-order valence-corrected chi connectivity index (χ4v) is 10.4. The number of hydrogen-bond donors (Lipinski definition) is 2. The minimum absolute atomic E-state index is 0.0336. The fourth-order valence-electron chi connectivity index (χ4n) is 8.30. The summed E-state index contributed by atoms with van der Waals surface area (Å²) < 4.78 is 14.8.